The first kappa shape index (κ1) is 41.4. The lowest BCUT2D eigenvalue weighted by molar-refractivity contribution is 0.0515. The van der Waals surface area contributed by atoms with Crippen LogP contribution < -0.4 is 9.47 Å². The van der Waals surface area contributed by atoms with Gasteiger partial charge in [-0.15, -0.1) is 0 Å². The summed E-state index contributed by atoms with van der Waals surface area (Å²) in [6, 6.07) is 26.0. The second-order valence-corrected chi connectivity index (χ2v) is 14.6. The zero-order valence-corrected chi connectivity index (χ0v) is 35.0. The lowest BCUT2D eigenvalue weighted by Gasteiger charge is -2.13. The van der Waals surface area contributed by atoms with Crippen molar-refractivity contribution in [3.63, 3.8) is 0 Å². The number of benzene rings is 2. The maximum absolute atomic E-state index is 13.2. The molecule has 2 aromatic carbocycles. The fourth-order valence-electron chi connectivity index (χ4n) is 7.42. The van der Waals surface area contributed by atoms with Gasteiger partial charge in [0, 0.05) is 103 Å². The summed E-state index contributed by atoms with van der Waals surface area (Å²) >= 11 is 12.6. The maximum Gasteiger partial charge on any atom is 0.355 e. The van der Waals surface area contributed by atoms with Gasteiger partial charge in [-0.05, 0) is 117 Å². The summed E-state index contributed by atoms with van der Waals surface area (Å²) in [5, 5.41) is 12.8. The van der Waals surface area contributed by atoms with Gasteiger partial charge in [0.2, 0.25) is 11.8 Å². The molecule has 6 heterocycles. The second-order valence-electron chi connectivity index (χ2n) is 13.7. The van der Waals surface area contributed by atoms with E-state index in [1.54, 1.807) is 67.7 Å². The number of fused-ring (bicyclic) bond motifs is 2. The molecule has 0 unspecified atom stereocenters. The zero-order valence-electron chi connectivity index (χ0n) is 33.4. The molecule has 0 aliphatic rings. The molecule has 0 amide bonds. The van der Waals surface area contributed by atoms with E-state index in [1.807, 2.05) is 79.1 Å². The molecule has 0 atom stereocenters. The first-order valence-electron chi connectivity index (χ1n) is 18.9. The van der Waals surface area contributed by atoms with Crippen molar-refractivity contribution in [2.45, 2.75) is 33.9 Å². The third kappa shape index (κ3) is 8.38. The summed E-state index contributed by atoms with van der Waals surface area (Å²) < 4.78 is 20.1. The summed E-state index contributed by atoms with van der Waals surface area (Å²) in [5.74, 6) is -0.675. The molecule has 14 heteroatoms. The number of rotatable bonds is 11. The monoisotopic (exact) mass is 842 g/mol. The van der Waals surface area contributed by atoms with Gasteiger partial charge < -0.3 is 28.5 Å². The Hall–Kier alpha value is -6.76. The van der Waals surface area contributed by atoms with Crippen molar-refractivity contribution in [3.8, 4) is 34.0 Å². The van der Waals surface area contributed by atoms with Crippen LogP contribution in [-0.2, 0) is 17.8 Å². The van der Waals surface area contributed by atoms with Gasteiger partial charge in [0.25, 0.3) is 0 Å². The summed E-state index contributed by atoms with van der Waals surface area (Å²) in [4.78, 5) is 42.7. The summed E-state index contributed by atoms with van der Waals surface area (Å²) in [6.07, 6.45) is 6.74. The summed E-state index contributed by atoms with van der Waals surface area (Å²) in [5.41, 5.74) is 8.49. The average molecular weight is 844 g/mol. The Morgan fingerprint density at radius 1 is 0.633 bits per heavy atom. The van der Waals surface area contributed by atoms with Crippen molar-refractivity contribution >= 4 is 56.9 Å². The van der Waals surface area contributed by atoms with Crippen LogP contribution in [0.15, 0.2) is 110 Å². The molecule has 0 aliphatic carbocycles. The van der Waals surface area contributed by atoms with E-state index in [1.165, 1.54) is 7.11 Å². The Kier molecular flexibility index (Phi) is 12.4. The first-order valence-corrected chi connectivity index (χ1v) is 19.6. The first-order chi connectivity index (χ1) is 29.0. The number of aryl methyl sites for hydroxylation is 2. The highest BCUT2D eigenvalue weighted by atomic mass is 35.5. The second kappa shape index (κ2) is 18.0. The number of nitrogens with zero attached hydrogens (tertiary/aromatic N) is 6. The van der Waals surface area contributed by atoms with E-state index in [9.17, 15) is 14.7 Å². The number of carboxylic acids is 1. The number of aromatic carboxylic acids is 1. The van der Waals surface area contributed by atoms with Crippen molar-refractivity contribution in [1.29, 1.82) is 0 Å². The van der Waals surface area contributed by atoms with Crippen LogP contribution in [0, 0.1) is 13.8 Å². The third-order valence-corrected chi connectivity index (χ3v) is 10.3. The quantitative estimate of drug-likeness (QED) is 0.125. The Morgan fingerprint density at radius 3 is 1.53 bits per heavy atom. The van der Waals surface area contributed by atoms with Gasteiger partial charge >= 0.3 is 11.9 Å². The number of hydrogen-bond acceptors (Lipinski definition) is 9. The fourth-order valence-corrected chi connectivity index (χ4v) is 7.76. The van der Waals surface area contributed by atoms with Crippen LogP contribution in [0.25, 0.3) is 44.1 Å². The number of methoxy groups -OCH3 is 2. The van der Waals surface area contributed by atoms with E-state index in [4.69, 9.17) is 37.4 Å². The van der Waals surface area contributed by atoms with Crippen molar-refractivity contribution in [2.24, 2.45) is 0 Å². The standard InChI is InChI=1S/C24H22ClN3O3.C22H18ClN3O3/c1-4-31-24(29)22-21(18-6-5-10-27-23(18)30-3)19-13-17(25)7-8-20(19)28(22)14-16-9-11-26-15(2)12-16;1-13-10-14(7-9-24-13)12-26-18-6-5-15(23)11-17(18)19(20(26)22(27)28)16-4-3-8-25-21(16)29-2/h5-13H,4,14H2,1-3H3;3-11H,12H2,1-2H3,(H,27,28). The Balaban J connectivity index is 0.000000182. The minimum Gasteiger partial charge on any atom is -0.481 e. The van der Waals surface area contributed by atoms with E-state index >= 15 is 0 Å². The van der Waals surface area contributed by atoms with E-state index in [-0.39, 0.29) is 12.3 Å². The Bertz CT molecular complexity index is 2890. The molecule has 12 nitrogen and oxygen atoms in total. The molecular weight excluding hydrogens is 803 g/mol. The van der Waals surface area contributed by atoms with E-state index in [0.29, 0.717) is 62.8 Å². The van der Waals surface area contributed by atoms with Crippen LogP contribution >= 0.6 is 23.2 Å². The van der Waals surface area contributed by atoms with Gasteiger partial charge in [0.05, 0.1) is 20.8 Å². The molecule has 0 aliphatic heterocycles. The molecule has 6 aromatic heterocycles. The molecular formula is C46H40Cl2N6O6. The molecule has 0 spiro atoms. The predicted molar refractivity (Wildman–Crippen MR) is 233 cm³/mol. The largest absolute Gasteiger partial charge is 0.481 e. The molecule has 304 valence electrons. The highest BCUT2D eigenvalue weighted by Crippen LogP contribution is 2.42. The van der Waals surface area contributed by atoms with Crippen LogP contribution in [0.4, 0.5) is 0 Å². The van der Waals surface area contributed by atoms with Crippen LogP contribution in [-0.4, -0.2) is 66.9 Å². The molecule has 0 radical (unpaired) electrons. The third-order valence-electron chi connectivity index (χ3n) is 9.79. The number of pyridine rings is 4. The Labute approximate surface area is 356 Å². The Morgan fingerprint density at radius 2 is 1.10 bits per heavy atom. The molecule has 0 saturated heterocycles. The minimum atomic E-state index is -1.04. The number of hydrogen-bond donors (Lipinski definition) is 1. The molecule has 8 rings (SSSR count). The zero-order chi connectivity index (χ0) is 42.5. The van der Waals surface area contributed by atoms with Gasteiger partial charge in [-0.1, -0.05) is 23.2 Å². The van der Waals surface area contributed by atoms with Crippen LogP contribution in [0.1, 0.15) is 50.4 Å². The van der Waals surface area contributed by atoms with Gasteiger partial charge in [-0.2, -0.15) is 0 Å². The van der Waals surface area contributed by atoms with Gasteiger partial charge in [0.1, 0.15) is 11.4 Å². The predicted octanol–water partition coefficient (Wildman–Crippen LogP) is 10.1. The summed E-state index contributed by atoms with van der Waals surface area (Å²) in [6.45, 7) is 6.75. The van der Waals surface area contributed by atoms with Gasteiger partial charge in [0.15, 0.2) is 0 Å². The molecule has 60 heavy (non-hydrogen) atoms. The summed E-state index contributed by atoms with van der Waals surface area (Å²) in [7, 11) is 3.07. The molecule has 8 aromatic rings. The van der Waals surface area contributed by atoms with Crippen LogP contribution in [0.2, 0.25) is 10.0 Å². The molecule has 1 N–H and O–H groups in total. The lowest BCUT2D eigenvalue weighted by Crippen LogP contribution is -2.14. The van der Waals surface area contributed by atoms with Crippen molar-refractivity contribution < 1.29 is 28.9 Å². The van der Waals surface area contributed by atoms with Crippen LogP contribution in [0.5, 0.6) is 11.8 Å². The molecule has 0 saturated carbocycles. The number of halogens is 2. The van der Waals surface area contributed by atoms with E-state index in [0.717, 1.165) is 44.3 Å². The average Bonchev–Trinajstić information content (AvgIpc) is 3.72. The fraction of sp³-hybridized carbons (Fsp3) is 0.174. The van der Waals surface area contributed by atoms with Crippen molar-refractivity contribution in [2.75, 3.05) is 20.8 Å². The van der Waals surface area contributed by atoms with E-state index < -0.39 is 11.9 Å². The highest BCUT2D eigenvalue weighted by Gasteiger charge is 2.28. The maximum atomic E-state index is 13.2. The van der Waals surface area contributed by atoms with Crippen molar-refractivity contribution in [3.05, 3.63) is 154 Å². The van der Waals surface area contributed by atoms with E-state index in [2.05, 4.69) is 19.9 Å². The van der Waals surface area contributed by atoms with Crippen LogP contribution in [0.3, 0.4) is 0 Å². The number of carboxylic acid groups (broad SMARTS) is 1. The van der Waals surface area contributed by atoms with Crippen molar-refractivity contribution in [1.82, 2.24) is 29.1 Å². The highest BCUT2D eigenvalue weighted by molar-refractivity contribution is 6.32. The number of carbonyl (C=O) groups is 2. The topological polar surface area (TPSA) is 143 Å². The molecule has 0 bridgehead atoms. The number of ether oxygens (including phenoxy) is 3. The number of esters is 1. The van der Waals surface area contributed by atoms with Gasteiger partial charge in [-0.25, -0.2) is 19.6 Å². The normalized spacial score (nSPS) is 11.0. The minimum absolute atomic E-state index is 0.156. The smallest absolute Gasteiger partial charge is 0.355 e. The van der Waals surface area contributed by atoms with Gasteiger partial charge in [-0.3, -0.25) is 9.97 Å². The molecule has 0 fully saturated rings. The number of carbonyl (C=O) groups excluding carboxylic acids is 1. The lowest BCUT2D eigenvalue weighted by atomic mass is 10.0. The SMILES string of the molecule is CCOC(=O)c1c(-c2cccnc2OC)c2cc(Cl)ccc2n1Cc1ccnc(C)c1.COc1ncccc1-c1c(C(=O)O)n(Cc2ccnc(C)c2)c2ccc(Cl)cc12. The number of aromatic nitrogens is 6.